The smallest absolute Gasteiger partial charge is 0.223 e. The normalized spacial score (nSPS) is 15.5. The van der Waals surface area contributed by atoms with Crippen molar-refractivity contribution < 1.29 is 5.11 Å². The molecule has 0 saturated carbocycles. The van der Waals surface area contributed by atoms with Crippen LogP contribution in [0, 0.1) is 6.92 Å². The topological polar surface area (TPSA) is 45.5 Å². The molecule has 0 atom stereocenters. The summed E-state index contributed by atoms with van der Waals surface area (Å²) >= 11 is 0. The second kappa shape index (κ2) is 7.78. The molecule has 1 aliphatic rings. The molecular weight excluding hydrogens is 287 g/mol. The maximum Gasteiger partial charge on any atom is 0.223 e. The number of aryl methyl sites for hydroxylation is 1. The van der Waals surface area contributed by atoms with Gasteiger partial charge in [-0.15, -0.1) is 24.8 Å². The number of hydrogen-bond donors (Lipinski definition) is 1. The molecule has 110 valence electrons. The monoisotopic (exact) mass is 308 g/mol. The number of pyridine rings is 1. The number of aromatic nitrogens is 1. The largest absolute Gasteiger partial charge is 0.503 e. The first-order chi connectivity index (χ1) is 8.09. The molecule has 19 heavy (non-hydrogen) atoms. The van der Waals surface area contributed by atoms with Crippen LogP contribution in [0.5, 0.6) is 5.75 Å². The summed E-state index contributed by atoms with van der Waals surface area (Å²) in [6, 6.07) is 1.48. The molecule has 2 rings (SSSR count). The summed E-state index contributed by atoms with van der Waals surface area (Å²) in [5.74, 6) is -0.0938. The molecule has 0 unspecified atom stereocenters. The van der Waals surface area contributed by atoms with Gasteiger partial charge in [0.05, 0.1) is 5.69 Å². The Kier molecular flexibility index (Phi) is 7.49. The average Bonchev–Trinajstić information content (AvgIpc) is 2.33. The van der Waals surface area contributed by atoms with Crippen LogP contribution in [0.3, 0.4) is 0 Å². The first kappa shape index (κ1) is 18.3. The van der Waals surface area contributed by atoms with Crippen LogP contribution in [-0.2, 0) is 13.6 Å². The van der Waals surface area contributed by atoms with E-state index in [0.717, 1.165) is 24.5 Å². The predicted molar refractivity (Wildman–Crippen MR) is 81.7 cm³/mol. The van der Waals surface area contributed by atoms with Gasteiger partial charge in [-0.25, -0.2) is 0 Å². The minimum Gasteiger partial charge on any atom is -0.503 e. The molecule has 1 aromatic heterocycles. The summed E-state index contributed by atoms with van der Waals surface area (Å²) in [5.41, 5.74) is 1.35. The zero-order valence-corrected chi connectivity index (χ0v) is 13.0. The Morgan fingerprint density at radius 3 is 2.37 bits per heavy atom. The van der Waals surface area contributed by atoms with E-state index < -0.39 is 0 Å². The second-order valence-corrected chi connectivity index (χ2v) is 4.84. The maximum absolute atomic E-state index is 11.6. The zero-order chi connectivity index (χ0) is 12.4. The molecule has 1 saturated heterocycles. The van der Waals surface area contributed by atoms with E-state index in [9.17, 15) is 9.90 Å². The highest BCUT2D eigenvalue weighted by Gasteiger charge is 2.16. The molecule has 0 spiro atoms. The van der Waals surface area contributed by atoms with Gasteiger partial charge in [0, 0.05) is 25.4 Å². The van der Waals surface area contributed by atoms with Crippen molar-refractivity contribution in [2.75, 3.05) is 13.1 Å². The molecule has 0 aliphatic carbocycles. The van der Waals surface area contributed by atoms with E-state index >= 15 is 0 Å². The summed E-state index contributed by atoms with van der Waals surface area (Å²) in [6.45, 7) is 4.67. The van der Waals surface area contributed by atoms with Crippen molar-refractivity contribution in [2.24, 2.45) is 7.05 Å². The Bertz CT molecular complexity index is 468. The van der Waals surface area contributed by atoms with Crippen molar-refractivity contribution in [2.45, 2.75) is 32.7 Å². The average molecular weight is 309 g/mol. The van der Waals surface area contributed by atoms with Gasteiger partial charge >= 0.3 is 0 Å². The molecule has 1 fully saturated rings. The molecule has 1 N–H and O–H groups in total. The Balaban J connectivity index is 0.00000162. The van der Waals surface area contributed by atoms with Gasteiger partial charge in [0.2, 0.25) is 5.43 Å². The molecule has 2 heterocycles. The number of nitrogens with zero attached hydrogens (tertiary/aromatic N) is 2. The van der Waals surface area contributed by atoms with Gasteiger partial charge in [0.25, 0.3) is 0 Å². The van der Waals surface area contributed by atoms with Gasteiger partial charge in [-0.3, -0.25) is 9.69 Å². The third kappa shape index (κ3) is 4.13. The summed E-state index contributed by atoms with van der Waals surface area (Å²) in [4.78, 5) is 13.9. The molecule has 0 amide bonds. The SMILES string of the molecule is Cc1cc(=O)c(O)c(CN2CCCCC2)n1C.Cl.Cl. The van der Waals surface area contributed by atoms with Crippen LogP contribution in [-0.4, -0.2) is 27.7 Å². The van der Waals surface area contributed by atoms with Gasteiger partial charge in [0.1, 0.15) is 0 Å². The van der Waals surface area contributed by atoms with Crippen LogP contribution >= 0.6 is 24.8 Å². The third-order valence-electron chi connectivity index (χ3n) is 3.60. The van der Waals surface area contributed by atoms with Crippen LogP contribution in [0.25, 0.3) is 0 Å². The third-order valence-corrected chi connectivity index (χ3v) is 3.60. The molecule has 0 radical (unpaired) electrons. The van der Waals surface area contributed by atoms with E-state index in [2.05, 4.69) is 4.90 Å². The van der Waals surface area contributed by atoms with Crippen LogP contribution in [0.15, 0.2) is 10.9 Å². The van der Waals surface area contributed by atoms with Crippen LogP contribution < -0.4 is 5.43 Å². The summed E-state index contributed by atoms with van der Waals surface area (Å²) < 4.78 is 1.91. The highest BCUT2D eigenvalue weighted by Crippen LogP contribution is 2.18. The van der Waals surface area contributed by atoms with E-state index in [1.807, 2.05) is 18.5 Å². The lowest BCUT2D eigenvalue weighted by Gasteiger charge is -2.27. The first-order valence-electron chi connectivity index (χ1n) is 6.20. The number of hydrogen-bond acceptors (Lipinski definition) is 3. The van der Waals surface area contributed by atoms with Gasteiger partial charge in [-0.05, 0) is 32.9 Å². The minimum atomic E-state index is -0.271. The van der Waals surface area contributed by atoms with E-state index in [4.69, 9.17) is 0 Å². The lowest BCUT2D eigenvalue weighted by molar-refractivity contribution is 0.213. The highest BCUT2D eigenvalue weighted by atomic mass is 35.5. The number of rotatable bonds is 2. The summed E-state index contributed by atoms with van der Waals surface area (Å²) in [7, 11) is 1.90. The maximum atomic E-state index is 11.6. The zero-order valence-electron chi connectivity index (χ0n) is 11.4. The Morgan fingerprint density at radius 1 is 1.21 bits per heavy atom. The predicted octanol–water partition coefficient (Wildman–Crippen LogP) is 2.23. The molecule has 1 aromatic rings. The fourth-order valence-electron chi connectivity index (χ4n) is 2.38. The number of likely N-dealkylation sites (tertiary alicyclic amines) is 1. The second-order valence-electron chi connectivity index (χ2n) is 4.84. The minimum absolute atomic E-state index is 0. The fourth-order valence-corrected chi connectivity index (χ4v) is 2.38. The number of halogens is 2. The first-order valence-corrected chi connectivity index (χ1v) is 6.20. The van der Waals surface area contributed by atoms with Crippen molar-refractivity contribution in [3.63, 3.8) is 0 Å². The van der Waals surface area contributed by atoms with Gasteiger partial charge in [-0.2, -0.15) is 0 Å². The van der Waals surface area contributed by atoms with Gasteiger partial charge < -0.3 is 9.67 Å². The van der Waals surface area contributed by atoms with Crippen LogP contribution in [0.2, 0.25) is 0 Å². The van der Waals surface area contributed by atoms with Crippen molar-refractivity contribution in [1.82, 2.24) is 9.47 Å². The van der Waals surface area contributed by atoms with Gasteiger partial charge in [0.15, 0.2) is 5.75 Å². The van der Waals surface area contributed by atoms with E-state index in [0.29, 0.717) is 6.54 Å². The standard InChI is InChI=1S/C13H20N2O2.2ClH/c1-10-8-12(16)13(17)11(14(10)2)9-15-6-4-3-5-7-15;;/h8,17H,3-7,9H2,1-2H3;2*1H. The lowest BCUT2D eigenvalue weighted by Crippen LogP contribution is -2.31. The van der Waals surface area contributed by atoms with E-state index in [-0.39, 0.29) is 36.0 Å². The Labute approximate surface area is 126 Å². The molecule has 1 aliphatic heterocycles. The van der Waals surface area contributed by atoms with E-state index in [1.54, 1.807) is 0 Å². The van der Waals surface area contributed by atoms with Crippen LogP contribution in [0.1, 0.15) is 30.7 Å². The summed E-state index contributed by atoms with van der Waals surface area (Å²) in [6.07, 6.45) is 3.70. The summed E-state index contributed by atoms with van der Waals surface area (Å²) in [5, 5.41) is 9.87. The van der Waals surface area contributed by atoms with Crippen molar-refractivity contribution in [3.8, 4) is 5.75 Å². The van der Waals surface area contributed by atoms with Gasteiger partial charge in [-0.1, -0.05) is 6.42 Å². The fraction of sp³-hybridized carbons (Fsp3) is 0.615. The van der Waals surface area contributed by atoms with Crippen molar-refractivity contribution in [3.05, 3.63) is 27.7 Å². The molecule has 4 nitrogen and oxygen atoms in total. The molecule has 0 bridgehead atoms. The number of piperidine rings is 1. The Morgan fingerprint density at radius 2 is 1.79 bits per heavy atom. The molecule has 6 heteroatoms. The van der Waals surface area contributed by atoms with E-state index in [1.165, 1.54) is 25.3 Å². The van der Waals surface area contributed by atoms with Crippen molar-refractivity contribution >= 4 is 24.8 Å². The van der Waals surface area contributed by atoms with Crippen molar-refractivity contribution in [1.29, 1.82) is 0 Å². The quantitative estimate of drug-likeness (QED) is 0.911. The Hall–Kier alpha value is -0.710. The molecular formula is C13H22Cl2N2O2. The lowest BCUT2D eigenvalue weighted by atomic mass is 10.1. The molecule has 0 aromatic carbocycles. The highest BCUT2D eigenvalue weighted by molar-refractivity contribution is 5.85. The number of aromatic hydroxyl groups is 1. The van der Waals surface area contributed by atoms with Crippen LogP contribution in [0.4, 0.5) is 0 Å².